The first-order chi connectivity index (χ1) is 17.9. The summed E-state index contributed by atoms with van der Waals surface area (Å²) in [5.74, 6) is -0.414. The summed E-state index contributed by atoms with van der Waals surface area (Å²) in [4.78, 5) is 28.7. The molecule has 0 heterocycles. The smallest absolute Gasteiger partial charge is 0.243 e. The fraction of sp³-hybridized carbons (Fsp3) is 0.310. The zero-order valence-corrected chi connectivity index (χ0v) is 23.9. The highest BCUT2D eigenvalue weighted by molar-refractivity contribution is 9.10. The van der Waals surface area contributed by atoms with E-state index in [2.05, 4.69) is 28.2 Å². The second-order valence-electron chi connectivity index (χ2n) is 8.69. The molecule has 196 valence electrons. The molecule has 37 heavy (non-hydrogen) atoms. The van der Waals surface area contributed by atoms with Crippen LogP contribution in [-0.2, 0) is 28.3 Å². The van der Waals surface area contributed by atoms with E-state index in [4.69, 9.17) is 11.6 Å². The Morgan fingerprint density at radius 3 is 2.49 bits per heavy atom. The Bertz CT molecular complexity index is 1160. The summed E-state index contributed by atoms with van der Waals surface area (Å²) in [7, 11) is 0. The van der Waals surface area contributed by atoms with Gasteiger partial charge in [0.15, 0.2) is 0 Å². The van der Waals surface area contributed by atoms with E-state index in [0.717, 1.165) is 28.4 Å². The number of carbonyl (C=O) groups is 2. The van der Waals surface area contributed by atoms with Gasteiger partial charge in [-0.05, 0) is 41.8 Å². The standard InChI is InChI=1S/C29H31BrClFN2O2S/c1-2-3-15-33-29(36)27(17-21-9-5-4-6-10-21)34(18-22-11-7-12-23(30)16-22)28(35)20-37-19-24-25(31)13-8-14-26(24)32/h4-14,16,27H,2-3,15,17-20H2,1H3,(H,33,36)/t27-/m1/s1. The number of benzene rings is 3. The molecule has 1 N–H and O–H groups in total. The normalized spacial score (nSPS) is 11.7. The molecule has 3 aromatic rings. The molecule has 0 aliphatic heterocycles. The van der Waals surface area contributed by atoms with Gasteiger partial charge in [0.25, 0.3) is 0 Å². The van der Waals surface area contributed by atoms with Gasteiger partial charge in [0.1, 0.15) is 11.9 Å². The Hall–Kier alpha value is -2.35. The average Bonchev–Trinajstić information content (AvgIpc) is 2.88. The second kappa shape index (κ2) is 15.2. The van der Waals surface area contributed by atoms with E-state index >= 15 is 0 Å². The van der Waals surface area contributed by atoms with E-state index in [9.17, 15) is 14.0 Å². The molecule has 0 bridgehead atoms. The van der Waals surface area contributed by atoms with Gasteiger partial charge >= 0.3 is 0 Å². The van der Waals surface area contributed by atoms with Gasteiger partial charge in [-0.25, -0.2) is 4.39 Å². The average molecular weight is 606 g/mol. The number of unbranched alkanes of at least 4 members (excludes halogenated alkanes) is 1. The summed E-state index contributed by atoms with van der Waals surface area (Å²) in [6, 6.07) is 21.3. The fourth-order valence-electron chi connectivity index (χ4n) is 3.89. The van der Waals surface area contributed by atoms with Crippen LogP contribution in [0, 0.1) is 5.82 Å². The highest BCUT2D eigenvalue weighted by Gasteiger charge is 2.30. The Labute approximate surface area is 236 Å². The maximum absolute atomic E-state index is 14.2. The van der Waals surface area contributed by atoms with E-state index < -0.39 is 11.9 Å². The van der Waals surface area contributed by atoms with Crippen LogP contribution in [-0.4, -0.2) is 35.1 Å². The Kier molecular flexibility index (Phi) is 12.0. The van der Waals surface area contributed by atoms with Crippen LogP contribution < -0.4 is 5.32 Å². The molecule has 0 aliphatic carbocycles. The second-order valence-corrected chi connectivity index (χ2v) is 11.0. The van der Waals surface area contributed by atoms with Crippen LogP contribution in [0.25, 0.3) is 0 Å². The highest BCUT2D eigenvalue weighted by atomic mass is 79.9. The number of nitrogens with one attached hydrogen (secondary N) is 1. The van der Waals surface area contributed by atoms with E-state index in [1.54, 1.807) is 17.0 Å². The summed E-state index contributed by atoms with van der Waals surface area (Å²) in [5.41, 5.74) is 2.25. The molecule has 0 aliphatic rings. The van der Waals surface area contributed by atoms with Crippen molar-refractivity contribution >= 4 is 51.1 Å². The lowest BCUT2D eigenvalue weighted by molar-refractivity contribution is -0.139. The number of amides is 2. The lowest BCUT2D eigenvalue weighted by Gasteiger charge is -2.31. The molecular formula is C29H31BrClFN2O2S. The third-order valence-corrected chi connectivity index (χ3v) is 7.67. The van der Waals surface area contributed by atoms with Crippen molar-refractivity contribution in [2.75, 3.05) is 12.3 Å². The molecule has 1 atom stereocenters. The molecule has 0 fully saturated rings. The van der Waals surface area contributed by atoms with E-state index in [1.807, 2.05) is 54.6 Å². The van der Waals surface area contributed by atoms with Crippen LogP contribution in [0.5, 0.6) is 0 Å². The van der Waals surface area contributed by atoms with Gasteiger partial charge in [-0.15, -0.1) is 11.8 Å². The third-order valence-electron chi connectivity index (χ3n) is 5.88. The number of nitrogens with zero attached hydrogens (tertiary/aromatic N) is 1. The lowest BCUT2D eigenvalue weighted by atomic mass is 10.0. The summed E-state index contributed by atoms with van der Waals surface area (Å²) >= 11 is 10.9. The van der Waals surface area contributed by atoms with Crippen molar-refractivity contribution in [2.24, 2.45) is 0 Å². The predicted molar refractivity (Wildman–Crippen MR) is 154 cm³/mol. The van der Waals surface area contributed by atoms with Gasteiger partial charge < -0.3 is 10.2 Å². The summed E-state index contributed by atoms with van der Waals surface area (Å²) in [6.45, 7) is 2.90. The van der Waals surface area contributed by atoms with Crippen molar-refractivity contribution in [2.45, 2.75) is 44.5 Å². The molecule has 8 heteroatoms. The number of thioether (sulfide) groups is 1. The Balaban J connectivity index is 1.85. The van der Waals surface area contributed by atoms with Crippen molar-refractivity contribution in [1.82, 2.24) is 10.2 Å². The van der Waals surface area contributed by atoms with Crippen LogP contribution in [0.1, 0.15) is 36.5 Å². The SMILES string of the molecule is CCCCNC(=O)[C@@H](Cc1ccccc1)N(Cc1cccc(Br)c1)C(=O)CSCc1c(F)cccc1Cl. The molecular weight excluding hydrogens is 575 g/mol. The van der Waals surface area contributed by atoms with Crippen molar-refractivity contribution in [1.29, 1.82) is 0 Å². The maximum atomic E-state index is 14.2. The number of halogens is 3. The molecule has 0 radical (unpaired) electrons. The van der Waals surface area contributed by atoms with Crippen molar-refractivity contribution < 1.29 is 14.0 Å². The topological polar surface area (TPSA) is 49.4 Å². The molecule has 0 spiro atoms. The van der Waals surface area contributed by atoms with E-state index in [-0.39, 0.29) is 29.9 Å². The van der Waals surface area contributed by atoms with Gasteiger partial charge in [-0.3, -0.25) is 9.59 Å². The summed E-state index contributed by atoms with van der Waals surface area (Å²) in [5, 5.41) is 3.35. The fourth-order valence-corrected chi connectivity index (χ4v) is 5.58. The molecule has 0 unspecified atom stereocenters. The zero-order valence-electron chi connectivity index (χ0n) is 20.8. The Morgan fingerprint density at radius 1 is 1.05 bits per heavy atom. The monoisotopic (exact) mass is 604 g/mol. The minimum absolute atomic E-state index is 0.0895. The van der Waals surface area contributed by atoms with Crippen molar-refractivity contribution in [3.8, 4) is 0 Å². The van der Waals surface area contributed by atoms with Crippen molar-refractivity contribution in [3.05, 3.63) is 105 Å². The van der Waals surface area contributed by atoms with Crippen LogP contribution >= 0.6 is 39.3 Å². The number of hydrogen-bond donors (Lipinski definition) is 1. The first kappa shape index (κ1) is 29.2. The van der Waals surface area contributed by atoms with Gasteiger partial charge in [0.05, 0.1) is 5.75 Å². The van der Waals surface area contributed by atoms with Gasteiger partial charge in [-0.1, -0.05) is 89.4 Å². The first-order valence-electron chi connectivity index (χ1n) is 12.2. The maximum Gasteiger partial charge on any atom is 0.243 e. The van der Waals surface area contributed by atoms with E-state index in [1.165, 1.54) is 17.8 Å². The lowest BCUT2D eigenvalue weighted by Crippen LogP contribution is -2.51. The number of hydrogen-bond acceptors (Lipinski definition) is 3. The van der Waals surface area contributed by atoms with Gasteiger partial charge in [0, 0.05) is 40.3 Å². The van der Waals surface area contributed by atoms with Gasteiger partial charge in [0.2, 0.25) is 11.8 Å². The van der Waals surface area contributed by atoms with Crippen LogP contribution in [0.15, 0.2) is 77.3 Å². The Morgan fingerprint density at radius 2 is 1.78 bits per heavy atom. The molecule has 0 aromatic heterocycles. The van der Waals surface area contributed by atoms with Crippen LogP contribution in [0.3, 0.4) is 0 Å². The summed E-state index contributed by atoms with van der Waals surface area (Å²) in [6.07, 6.45) is 2.21. The van der Waals surface area contributed by atoms with Crippen LogP contribution in [0.2, 0.25) is 5.02 Å². The predicted octanol–water partition coefficient (Wildman–Crippen LogP) is 7.03. The van der Waals surface area contributed by atoms with E-state index in [0.29, 0.717) is 23.6 Å². The van der Waals surface area contributed by atoms with Gasteiger partial charge in [-0.2, -0.15) is 0 Å². The van der Waals surface area contributed by atoms with Crippen molar-refractivity contribution in [3.63, 3.8) is 0 Å². The molecule has 2 amide bonds. The minimum atomic E-state index is -0.691. The minimum Gasteiger partial charge on any atom is -0.354 e. The quantitative estimate of drug-likeness (QED) is 0.213. The summed E-state index contributed by atoms with van der Waals surface area (Å²) < 4.78 is 15.1. The highest BCUT2D eigenvalue weighted by Crippen LogP contribution is 2.25. The third kappa shape index (κ3) is 9.16. The largest absolute Gasteiger partial charge is 0.354 e. The van der Waals surface area contributed by atoms with Crippen LogP contribution in [0.4, 0.5) is 4.39 Å². The zero-order chi connectivity index (χ0) is 26.6. The number of carbonyl (C=O) groups excluding carboxylic acids is 2. The molecule has 3 aromatic carbocycles. The first-order valence-corrected chi connectivity index (χ1v) is 14.6. The molecule has 0 saturated carbocycles. The number of rotatable bonds is 13. The molecule has 3 rings (SSSR count). The molecule has 0 saturated heterocycles. The molecule has 4 nitrogen and oxygen atoms in total.